The van der Waals surface area contributed by atoms with Crippen molar-refractivity contribution in [1.82, 2.24) is 5.32 Å². The Morgan fingerprint density at radius 2 is 1.94 bits per heavy atom. The van der Waals surface area contributed by atoms with Crippen molar-refractivity contribution in [2.75, 3.05) is 13.2 Å². The van der Waals surface area contributed by atoms with Crippen LogP contribution in [0.3, 0.4) is 0 Å². The summed E-state index contributed by atoms with van der Waals surface area (Å²) in [6.45, 7) is 12.2. The third kappa shape index (κ3) is 7.68. The molecule has 0 aromatic carbocycles. The molecule has 1 N–H and O–H groups in total. The average molecular weight is 254 g/mol. The molecule has 0 aromatic heterocycles. The quantitative estimate of drug-likeness (QED) is 0.649. The lowest BCUT2D eigenvalue weighted by Crippen LogP contribution is -2.44. The molecule has 0 aliphatic rings. The zero-order valence-electron chi connectivity index (χ0n) is 12.8. The van der Waals surface area contributed by atoms with Gasteiger partial charge in [-0.15, -0.1) is 0 Å². The molecule has 0 rings (SSSR count). The van der Waals surface area contributed by atoms with E-state index in [0.717, 1.165) is 26.0 Å². The van der Waals surface area contributed by atoms with Crippen LogP contribution in [0.4, 0.5) is 0 Å². The number of hydrogen-bond donors (Lipinski definition) is 1. The van der Waals surface area contributed by atoms with Gasteiger partial charge in [0.05, 0.1) is 12.2 Å². The normalized spacial score (nSPS) is 17.8. The van der Waals surface area contributed by atoms with Crippen molar-refractivity contribution in [3.8, 4) is 6.07 Å². The zero-order valence-corrected chi connectivity index (χ0v) is 12.8. The summed E-state index contributed by atoms with van der Waals surface area (Å²) in [6, 6.07) is 2.37. The van der Waals surface area contributed by atoms with E-state index in [1.54, 1.807) is 0 Å². The summed E-state index contributed by atoms with van der Waals surface area (Å²) >= 11 is 0. The number of nitrogens with one attached hydrogen (secondary N) is 1. The SMILES string of the molecule is CCCNC(C)(C#N)CC(C)OCC(C)CCC. The fourth-order valence-electron chi connectivity index (χ4n) is 2.10. The standard InChI is InChI=1S/C15H30N2O/c1-6-8-13(3)11-18-14(4)10-15(5,12-16)17-9-7-2/h13-14,17H,6-11H2,1-5H3. The van der Waals surface area contributed by atoms with Crippen LogP contribution in [0, 0.1) is 17.2 Å². The summed E-state index contributed by atoms with van der Waals surface area (Å²) in [5.74, 6) is 0.606. The lowest BCUT2D eigenvalue weighted by molar-refractivity contribution is 0.0266. The van der Waals surface area contributed by atoms with Gasteiger partial charge in [0.25, 0.3) is 0 Å². The van der Waals surface area contributed by atoms with Crippen molar-refractivity contribution < 1.29 is 4.74 Å². The first-order valence-electron chi connectivity index (χ1n) is 7.25. The van der Waals surface area contributed by atoms with Crippen LogP contribution in [0.5, 0.6) is 0 Å². The molecule has 0 amide bonds. The van der Waals surface area contributed by atoms with Crippen LogP contribution in [-0.4, -0.2) is 24.8 Å². The van der Waals surface area contributed by atoms with E-state index >= 15 is 0 Å². The highest BCUT2D eigenvalue weighted by molar-refractivity contribution is 5.04. The minimum Gasteiger partial charge on any atom is -0.378 e. The summed E-state index contributed by atoms with van der Waals surface area (Å²) in [4.78, 5) is 0. The van der Waals surface area contributed by atoms with Gasteiger partial charge < -0.3 is 4.74 Å². The second-order valence-corrected chi connectivity index (χ2v) is 5.61. The Labute approximate surface area is 113 Å². The monoisotopic (exact) mass is 254 g/mol. The van der Waals surface area contributed by atoms with E-state index in [-0.39, 0.29) is 6.10 Å². The number of nitriles is 1. The largest absolute Gasteiger partial charge is 0.378 e. The van der Waals surface area contributed by atoms with Gasteiger partial charge in [0.1, 0.15) is 5.54 Å². The molecule has 3 nitrogen and oxygen atoms in total. The molecule has 0 saturated heterocycles. The minimum absolute atomic E-state index is 0.123. The summed E-state index contributed by atoms with van der Waals surface area (Å²) in [5.41, 5.74) is -0.469. The topological polar surface area (TPSA) is 45.0 Å². The maximum atomic E-state index is 9.25. The Morgan fingerprint density at radius 1 is 1.28 bits per heavy atom. The molecule has 0 aliphatic carbocycles. The lowest BCUT2D eigenvalue weighted by atomic mass is 9.96. The first kappa shape index (κ1) is 17.4. The van der Waals surface area contributed by atoms with Crippen molar-refractivity contribution in [2.45, 2.75) is 71.9 Å². The van der Waals surface area contributed by atoms with Gasteiger partial charge in [0.2, 0.25) is 0 Å². The van der Waals surface area contributed by atoms with Crippen molar-refractivity contribution in [2.24, 2.45) is 5.92 Å². The third-order valence-electron chi connectivity index (χ3n) is 3.15. The average Bonchev–Trinajstić information content (AvgIpc) is 2.34. The molecule has 3 heteroatoms. The molecule has 0 spiro atoms. The van der Waals surface area contributed by atoms with Gasteiger partial charge in [-0.2, -0.15) is 5.26 Å². The molecule has 106 valence electrons. The number of hydrogen-bond acceptors (Lipinski definition) is 3. The van der Waals surface area contributed by atoms with Crippen molar-refractivity contribution >= 4 is 0 Å². The van der Waals surface area contributed by atoms with Crippen LogP contribution >= 0.6 is 0 Å². The smallest absolute Gasteiger partial charge is 0.106 e. The highest BCUT2D eigenvalue weighted by Crippen LogP contribution is 2.15. The Bertz CT molecular complexity index is 249. The molecule has 0 fully saturated rings. The Balaban J connectivity index is 4.03. The van der Waals surface area contributed by atoms with Crippen LogP contribution in [0.15, 0.2) is 0 Å². The van der Waals surface area contributed by atoms with E-state index in [2.05, 4.69) is 39.1 Å². The lowest BCUT2D eigenvalue weighted by Gasteiger charge is -2.27. The predicted octanol–water partition coefficient (Wildman–Crippen LogP) is 3.50. The molecule has 3 unspecified atom stereocenters. The second kappa shape index (κ2) is 9.35. The number of nitrogens with zero attached hydrogens (tertiary/aromatic N) is 1. The molecule has 0 aromatic rings. The summed E-state index contributed by atoms with van der Waals surface area (Å²) < 4.78 is 5.84. The van der Waals surface area contributed by atoms with Gasteiger partial charge in [0.15, 0.2) is 0 Å². The molecule has 0 aliphatic heterocycles. The van der Waals surface area contributed by atoms with Crippen LogP contribution in [0.2, 0.25) is 0 Å². The van der Waals surface area contributed by atoms with Crippen molar-refractivity contribution in [3.05, 3.63) is 0 Å². The maximum Gasteiger partial charge on any atom is 0.106 e. The first-order valence-corrected chi connectivity index (χ1v) is 7.25. The Morgan fingerprint density at radius 3 is 2.44 bits per heavy atom. The maximum absolute atomic E-state index is 9.25. The van der Waals surface area contributed by atoms with E-state index in [1.165, 1.54) is 12.8 Å². The minimum atomic E-state index is -0.469. The number of ether oxygens (including phenoxy) is 1. The Hall–Kier alpha value is -0.590. The summed E-state index contributed by atoms with van der Waals surface area (Å²) in [5, 5.41) is 12.6. The van der Waals surface area contributed by atoms with E-state index in [4.69, 9.17) is 4.74 Å². The molecule has 18 heavy (non-hydrogen) atoms. The molecule has 3 atom stereocenters. The summed E-state index contributed by atoms with van der Waals surface area (Å²) in [7, 11) is 0. The molecular formula is C15H30N2O. The molecule has 0 saturated carbocycles. The van der Waals surface area contributed by atoms with Crippen molar-refractivity contribution in [1.29, 1.82) is 5.26 Å². The van der Waals surface area contributed by atoms with Gasteiger partial charge in [-0.3, -0.25) is 5.32 Å². The van der Waals surface area contributed by atoms with E-state index in [0.29, 0.717) is 5.92 Å². The molecule has 0 heterocycles. The number of rotatable bonds is 10. The van der Waals surface area contributed by atoms with Gasteiger partial charge in [0, 0.05) is 13.0 Å². The second-order valence-electron chi connectivity index (χ2n) is 5.61. The van der Waals surface area contributed by atoms with Gasteiger partial charge >= 0.3 is 0 Å². The molecule has 0 bridgehead atoms. The highest BCUT2D eigenvalue weighted by atomic mass is 16.5. The zero-order chi connectivity index (χ0) is 14.0. The van der Waals surface area contributed by atoms with Crippen LogP contribution in [-0.2, 0) is 4.74 Å². The van der Waals surface area contributed by atoms with E-state index < -0.39 is 5.54 Å². The summed E-state index contributed by atoms with van der Waals surface area (Å²) in [6.07, 6.45) is 4.31. The first-order chi connectivity index (χ1) is 8.47. The van der Waals surface area contributed by atoms with E-state index in [9.17, 15) is 5.26 Å². The fraction of sp³-hybridized carbons (Fsp3) is 0.933. The molecule has 0 radical (unpaired) electrons. The third-order valence-corrected chi connectivity index (χ3v) is 3.15. The Kier molecular flexibility index (Phi) is 9.05. The van der Waals surface area contributed by atoms with Gasteiger partial charge in [-0.1, -0.05) is 27.2 Å². The van der Waals surface area contributed by atoms with Gasteiger partial charge in [-0.05, 0) is 39.2 Å². The van der Waals surface area contributed by atoms with Crippen LogP contribution in [0.25, 0.3) is 0 Å². The van der Waals surface area contributed by atoms with Crippen LogP contribution < -0.4 is 5.32 Å². The van der Waals surface area contributed by atoms with Crippen LogP contribution in [0.1, 0.15) is 60.3 Å². The molecular weight excluding hydrogens is 224 g/mol. The van der Waals surface area contributed by atoms with Crippen molar-refractivity contribution in [3.63, 3.8) is 0 Å². The predicted molar refractivity (Wildman–Crippen MR) is 76.4 cm³/mol. The van der Waals surface area contributed by atoms with Gasteiger partial charge in [-0.25, -0.2) is 0 Å². The van der Waals surface area contributed by atoms with E-state index in [1.807, 2.05) is 6.92 Å². The highest BCUT2D eigenvalue weighted by Gasteiger charge is 2.25. The fourth-order valence-corrected chi connectivity index (χ4v) is 2.10.